The Bertz CT molecular complexity index is 2200. The summed E-state index contributed by atoms with van der Waals surface area (Å²) in [5, 5.41) is 7.29. The Balaban J connectivity index is 0.000000183. The minimum absolute atomic E-state index is 0. The first-order chi connectivity index (χ1) is 19.7. The predicted molar refractivity (Wildman–Crippen MR) is 158 cm³/mol. The average molecular weight is 708 g/mol. The fourth-order valence-electron chi connectivity index (χ4n) is 5.18. The molecule has 0 saturated carbocycles. The van der Waals surface area contributed by atoms with E-state index < -0.39 is 0 Å². The van der Waals surface area contributed by atoms with Crippen molar-refractivity contribution in [3.05, 3.63) is 139 Å². The summed E-state index contributed by atoms with van der Waals surface area (Å²) in [4.78, 5) is 12.4. The Hall–Kier alpha value is -4.95. The van der Waals surface area contributed by atoms with Crippen LogP contribution in [0.25, 0.3) is 70.5 Å². The van der Waals surface area contributed by atoms with E-state index in [2.05, 4.69) is 51.2 Å². The van der Waals surface area contributed by atoms with Gasteiger partial charge in [-0.15, -0.1) is 59.5 Å². The van der Waals surface area contributed by atoms with E-state index >= 15 is 0 Å². The first-order valence-electron chi connectivity index (χ1n) is 12.6. The van der Waals surface area contributed by atoms with Gasteiger partial charge in [0, 0.05) is 54.5 Å². The van der Waals surface area contributed by atoms with Crippen molar-refractivity contribution in [2.75, 3.05) is 0 Å². The van der Waals surface area contributed by atoms with Crippen molar-refractivity contribution >= 4 is 60.1 Å². The van der Waals surface area contributed by atoms with Gasteiger partial charge in [-0.25, -0.2) is 4.85 Å². The number of para-hydroxylation sites is 1. The molecule has 197 valence electrons. The first-order valence-corrected chi connectivity index (χ1v) is 12.6. The molecular weight excluding hydrogens is 690 g/mol. The maximum Gasteiger partial charge on any atom is 0.229 e. The van der Waals surface area contributed by atoms with E-state index in [-0.39, 0.29) is 25.9 Å². The van der Waals surface area contributed by atoms with Gasteiger partial charge in [0.2, 0.25) is 5.69 Å². The second-order valence-electron chi connectivity index (χ2n) is 9.23. The van der Waals surface area contributed by atoms with Gasteiger partial charge >= 0.3 is 0 Å². The molecule has 0 fully saturated rings. The van der Waals surface area contributed by atoms with Crippen LogP contribution >= 0.6 is 0 Å². The van der Waals surface area contributed by atoms with Crippen molar-refractivity contribution in [1.29, 1.82) is 0 Å². The summed E-state index contributed by atoms with van der Waals surface area (Å²) in [7, 11) is 0. The van der Waals surface area contributed by atoms with Gasteiger partial charge < -0.3 is 14.4 Å². The zero-order valence-electron chi connectivity index (χ0n) is 21.4. The van der Waals surface area contributed by atoms with Crippen LogP contribution in [0.5, 0.6) is 0 Å². The van der Waals surface area contributed by atoms with Crippen molar-refractivity contribution in [3.63, 3.8) is 0 Å². The van der Waals surface area contributed by atoms with Gasteiger partial charge in [-0.3, -0.25) is 4.39 Å². The summed E-state index contributed by atoms with van der Waals surface area (Å²) in [6.07, 6.45) is 3.51. The largest absolute Gasteiger partial charge is 0.467 e. The molecule has 0 spiro atoms. The smallest absolute Gasteiger partial charge is 0.229 e. The van der Waals surface area contributed by atoms with Crippen LogP contribution < -0.4 is 0 Å². The SMILES string of the molecule is Fc1c[c-]c(-c2ccccn2)cc1.[C-]#[N+]c1cccc2c1oc1c2ccc2c3ccc[c-]c3c3ncccc3c21.[Ir]. The normalized spacial score (nSPS) is 10.8. The fraction of sp³-hybridized carbons (Fsp3) is 0. The zero-order chi connectivity index (χ0) is 27.1. The van der Waals surface area contributed by atoms with Crippen LogP contribution in [0.3, 0.4) is 0 Å². The minimum Gasteiger partial charge on any atom is -0.467 e. The molecule has 0 N–H and O–H groups in total. The number of nitrogens with zero attached hydrogens (tertiary/aromatic N) is 3. The van der Waals surface area contributed by atoms with Crippen LogP contribution in [0.1, 0.15) is 0 Å². The zero-order valence-corrected chi connectivity index (χ0v) is 23.7. The molecule has 4 nitrogen and oxygen atoms in total. The maximum atomic E-state index is 12.6. The van der Waals surface area contributed by atoms with Gasteiger partial charge in [0.15, 0.2) is 0 Å². The third-order valence-corrected chi connectivity index (χ3v) is 6.94. The van der Waals surface area contributed by atoms with E-state index in [0.29, 0.717) is 11.3 Å². The Morgan fingerprint density at radius 3 is 2.32 bits per heavy atom. The van der Waals surface area contributed by atoms with Crippen molar-refractivity contribution in [2.45, 2.75) is 0 Å². The molecule has 0 aliphatic carbocycles. The van der Waals surface area contributed by atoms with Gasteiger partial charge in [0.25, 0.3) is 0 Å². The molecule has 0 amide bonds. The molecule has 3 heterocycles. The Kier molecular flexibility index (Phi) is 6.99. The predicted octanol–water partition coefficient (Wildman–Crippen LogP) is 9.48. The van der Waals surface area contributed by atoms with Crippen LogP contribution in [0.4, 0.5) is 10.1 Å². The average Bonchev–Trinajstić information content (AvgIpc) is 3.41. The third-order valence-electron chi connectivity index (χ3n) is 6.94. The van der Waals surface area contributed by atoms with Crippen LogP contribution in [0.15, 0.2) is 114 Å². The maximum absolute atomic E-state index is 12.6. The first kappa shape index (κ1) is 26.3. The fourth-order valence-corrected chi connectivity index (χ4v) is 5.18. The molecule has 0 bridgehead atoms. The van der Waals surface area contributed by atoms with Gasteiger partial charge in [0.05, 0.1) is 6.57 Å². The van der Waals surface area contributed by atoms with Crippen LogP contribution in [0.2, 0.25) is 0 Å². The summed E-state index contributed by atoms with van der Waals surface area (Å²) in [6.45, 7) is 7.45. The molecular formula is C35H18FIrN3O-2. The molecule has 0 unspecified atom stereocenters. The van der Waals surface area contributed by atoms with Gasteiger partial charge in [-0.05, 0) is 34.1 Å². The van der Waals surface area contributed by atoms with Crippen molar-refractivity contribution < 1.29 is 28.9 Å². The second kappa shape index (κ2) is 10.9. The van der Waals surface area contributed by atoms with E-state index in [1.54, 1.807) is 18.3 Å². The minimum atomic E-state index is -0.278. The van der Waals surface area contributed by atoms with E-state index in [0.717, 1.165) is 60.1 Å². The number of fused-ring (bicyclic) bond motifs is 10. The van der Waals surface area contributed by atoms with E-state index in [4.69, 9.17) is 11.0 Å². The molecule has 0 saturated heterocycles. The van der Waals surface area contributed by atoms with Gasteiger partial charge in [0.1, 0.15) is 11.2 Å². The molecule has 0 aliphatic heterocycles. The summed E-state index contributed by atoms with van der Waals surface area (Å²) < 4.78 is 18.8. The number of furan rings is 1. The summed E-state index contributed by atoms with van der Waals surface area (Å²) in [6, 6.07) is 36.1. The third kappa shape index (κ3) is 4.52. The quantitative estimate of drug-likeness (QED) is 0.126. The Labute approximate surface area is 248 Å². The molecule has 8 aromatic rings. The van der Waals surface area contributed by atoms with E-state index in [1.807, 2.05) is 54.7 Å². The summed E-state index contributed by atoms with van der Waals surface area (Å²) in [5.41, 5.74) is 4.52. The molecule has 6 heteroatoms. The second-order valence-corrected chi connectivity index (χ2v) is 9.23. The molecule has 0 aliphatic rings. The molecule has 41 heavy (non-hydrogen) atoms. The van der Waals surface area contributed by atoms with Gasteiger partial charge in [-0.1, -0.05) is 53.9 Å². The molecule has 8 rings (SSSR count). The van der Waals surface area contributed by atoms with Crippen molar-refractivity contribution in [3.8, 4) is 11.3 Å². The van der Waals surface area contributed by atoms with Crippen LogP contribution in [0, 0.1) is 24.5 Å². The Morgan fingerprint density at radius 1 is 0.707 bits per heavy atom. The van der Waals surface area contributed by atoms with Crippen LogP contribution in [-0.4, -0.2) is 9.97 Å². The number of rotatable bonds is 1. The van der Waals surface area contributed by atoms with E-state index in [9.17, 15) is 4.39 Å². The van der Waals surface area contributed by atoms with Gasteiger partial charge in [-0.2, -0.15) is 0 Å². The molecule has 5 aromatic carbocycles. The standard InChI is InChI=1S/C24H11N2O.C11H7FN.Ir/c1-25-20-10-4-8-17-18-12-11-15-14-6-2-3-7-16(14)22-19(9-5-13-26-22)21(15)24(18)27-23(17)20;12-10-6-4-9(5-7-10)11-3-1-2-8-13-11;/h2-6,8-13H;1-4,6-8H;/q2*-1;. The topological polar surface area (TPSA) is 43.3 Å². The number of hydrogen-bond acceptors (Lipinski definition) is 3. The number of benzene rings is 5. The van der Waals surface area contributed by atoms with Crippen molar-refractivity contribution in [2.24, 2.45) is 0 Å². The summed E-state index contributed by atoms with van der Waals surface area (Å²) in [5.74, 6) is -0.278. The monoisotopic (exact) mass is 708 g/mol. The molecule has 3 aromatic heterocycles. The Morgan fingerprint density at radius 2 is 1.51 bits per heavy atom. The number of hydrogen-bond donors (Lipinski definition) is 0. The number of aromatic nitrogens is 2. The molecule has 1 radical (unpaired) electrons. The summed E-state index contributed by atoms with van der Waals surface area (Å²) >= 11 is 0. The van der Waals surface area contributed by atoms with Crippen molar-refractivity contribution in [1.82, 2.24) is 9.97 Å². The van der Waals surface area contributed by atoms with E-state index in [1.165, 1.54) is 12.1 Å². The van der Waals surface area contributed by atoms with Crippen LogP contribution in [-0.2, 0) is 20.1 Å². The molecule has 0 atom stereocenters. The number of halogens is 1. The number of pyridine rings is 2.